The number of carbonyl (C=O) groups excluding carboxylic acids is 1. The normalized spacial score (nSPS) is 10.6. The van der Waals surface area contributed by atoms with Crippen LogP contribution >= 0.6 is 38.5 Å². The van der Waals surface area contributed by atoms with Gasteiger partial charge in [-0.15, -0.1) is 0 Å². The predicted molar refractivity (Wildman–Crippen MR) is 105 cm³/mol. The summed E-state index contributed by atoms with van der Waals surface area (Å²) >= 11 is 5.09. The van der Waals surface area contributed by atoms with Crippen LogP contribution in [0.1, 0.15) is 22.8 Å². The third-order valence-corrected chi connectivity index (χ3v) is 4.76. The number of halogens is 4. The van der Waals surface area contributed by atoms with Crippen molar-refractivity contribution in [1.29, 1.82) is 0 Å². The Morgan fingerprint density at radius 2 is 2.00 bits per heavy atom. The van der Waals surface area contributed by atoms with Crippen LogP contribution in [0.2, 0.25) is 0 Å². The summed E-state index contributed by atoms with van der Waals surface area (Å²) in [6.45, 7) is 1.71. The maximum absolute atomic E-state index is 14.5. The minimum atomic E-state index is -1.15. The molecule has 1 amide bonds. The molecule has 0 saturated heterocycles. The molecule has 0 bridgehead atoms. The van der Waals surface area contributed by atoms with Crippen molar-refractivity contribution in [1.82, 2.24) is 5.32 Å². The molecule has 0 aromatic heterocycles. The van der Waals surface area contributed by atoms with E-state index >= 15 is 0 Å². The number of anilines is 2. The monoisotopic (exact) mass is 524 g/mol. The van der Waals surface area contributed by atoms with Crippen LogP contribution in [0.4, 0.5) is 20.2 Å². The van der Waals surface area contributed by atoms with E-state index in [1.54, 1.807) is 6.07 Å². The molecule has 0 aliphatic heterocycles. The Morgan fingerprint density at radius 3 is 2.64 bits per heavy atom. The number of hydrogen-bond donors (Lipinski definition) is 3. The number of hydrogen-bond acceptors (Lipinski definition) is 3. The number of aliphatic hydroxyl groups is 1. The highest BCUT2D eigenvalue weighted by Crippen LogP contribution is 2.32. The lowest BCUT2D eigenvalue weighted by Crippen LogP contribution is -2.27. The van der Waals surface area contributed by atoms with Crippen LogP contribution in [0.25, 0.3) is 0 Å². The van der Waals surface area contributed by atoms with E-state index in [0.29, 0.717) is 12.1 Å². The van der Waals surface area contributed by atoms with Crippen molar-refractivity contribution in [2.24, 2.45) is 0 Å². The molecule has 0 unspecified atom stereocenters. The Morgan fingerprint density at radius 1 is 1.28 bits per heavy atom. The first-order valence-corrected chi connectivity index (χ1v) is 9.38. The van der Waals surface area contributed by atoms with E-state index in [1.807, 2.05) is 19.1 Å². The second kappa shape index (κ2) is 8.91. The summed E-state index contributed by atoms with van der Waals surface area (Å²) in [5.41, 5.74) is 1.21. The molecular formula is C17H16BrF2IN2O2. The molecule has 0 atom stereocenters. The van der Waals surface area contributed by atoms with Crippen LogP contribution < -0.4 is 10.6 Å². The van der Waals surface area contributed by atoms with Gasteiger partial charge in [-0.3, -0.25) is 4.79 Å². The van der Waals surface area contributed by atoms with E-state index < -0.39 is 17.5 Å². The Kier molecular flexibility index (Phi) is 7.14. The van der Waals surface area contributed by atoms with E-state index in [4.69, 9.17) is 5.11 Å². The highest BCUT2D eigenvalue weighted by molar-refractivity contribution is 14.1. The average molecular weight is 525 g/mol. The smallest absolute Gasteiger partial charge is 0.253 e. The summed E-state index contributed by atoms with van der Waals surface area (Å²) < 4.78 is 29.4. The number of aliphatic hydroxyl groups excluding tert-OH is 1. The summed E-state index contributed by atoms with van der Waals surface area (Å²) in [6.07, 6.45) is 0.686. The molecule has 0 fully saturated rings. The average Bonchev–Trinajstić information content (AvgIpc) is 2.60. The zero-order valence-corrected chi connectivity index (χ0v) is 17.0. The van der Waals surface area contributed by atoms with Crippen molar-refractivity contribution in [3.05, 3.63) is 55.1 Å². The van der Waals surface area contributed by atoms with Crippen LogP contribution in [-0.4, -0.2) is 24.2 Å². The number of aryl methyl sites for hydroxylation is 1. The van der Waals surface area contributed by atoms with Crippen LogP contribution in [0, 0.1) is 15.2 Å². The van der Waals surface area contributed by atoms with Gasteiger partial charge in [-0.2, -0.15) is 0 Å². The maximum atomic E-state index is 14.5. The third kappa shape index (κ3) is 4.68. The molecule has 2 aromatic rings. The van der Waals surface area contributed by atoms with Gasteiger partial charge in [-0.25, -0.2) is 8.78 Å². The van der Waals surface area contributed by atoms with Crippen molar-refractivity contribution >= 4 is 55.8 Å². The van der Waals surface area contributed by atoms with E-state index in [1.165, 1.54) is 6.07 Å². The summed E-state index contributed by atoms with van der Waals surface area (Å²) in [6, 6.07) is 6.74. The lowest BCUT2D eigenvalue weighted by molar-refractivity contribution is 0.0945. The first kappa shape index (κ1) is 20.1. The lowest BCUT2D eigenvalue weighted by Gasteiger charge is -2.17. The van der Waals surface area contributed by atoms with Gasteiger partial charge in [-0.1, -0.05) is 6.92 Å². The minimum absolute atomic E-state index is 0.0125. The van der Waals surface area contributed by atoms with Crippen molar-refractivity contribution in [3.63, 3.8) is 0 Å². The second-order valence-corrected chi connectivity index (χ2v) is 7.27. The fraction of sp³-hybridized carbons (Fsp3) is 0.235. The first-order chi connectivity index (χ1) is 11.9. The number of nitrogens with one attached hydrogen (secondary N) is 2. The molecule has 0 aliphatic rings. The Hall–Kier alpha value is -1.26. The summed E-state index contributed by atoms with van der Waals surface area (Å²) in [4.78, 5) is 12.3. The topological polar surface area (TPSA) is 61.4 Å². The van der Waals surface area contributed by atoms with Gasteiger partial charge in [0.25, 0.3) is 5.91 Å². The second-order valence-electron chi connectivity index (χ2n) is 5.17. The quantitative estimate of drug-likeness (QED) is 0.389. The van der Waals surface area contributed by atoms with Crippen molar-refractivity contribution in [2.45, 2.75) is 13.3 Å². The number of carbonyl (C=O) groups is 1. The van der Waals surface area contributed by atoms with Gasteiger partial charge in [-0.05, 0) is 74.8 Å². The van der Waals surface area contributed by atoms with Crippen LogP contribution in [0.5, 0.6) is 0 Å². The summed E-state index contributed by atoms with van der Waals surface area (Å²) in [7, 11) is 0. The molecular weight excluding hydrogens is 509 g/mol. The summed E-state index contributed by atoms with van der Waals surface area (Å²) in [5.74, 6) is -2.84. The molecule has 0 aliphatic carbocycles. The van der Waals surface area contributed by atoms with Crippen molar-refractivity contribution in [3.8, 4) is 0 Å². The van der Waals surface area contributed by atoms with Gasteiger partial charge in [0.2, 0.25) is 0 Å². The number of benzene rings is 2. The van der Waals surface area contributed by atoms with Gasteiger partial charge in [0, 0.05) is 15.8 Å². The molecule has 2 rings (SSSR count). The molecule has 25 heavy (non-hydrogen) atoms. The third-order valence-electron chi connectivity index (χ3n) is 3.51. The molecule has 3 N–H and O–H groups in total. The van der Waals surface area contributed by atoms with Crippen LogP contribution in [-0.2, 0) is 6.42 Å². The lowest BCUT2D eigenvalue weighted by atomic mass is 10.1. The molecule has 0 radical (unpaired) electrons. The van der Waals surface area contributed by atoms with E-state index in [0.717, 1.165) is 9.13 Å². The van der Waals surface area contributed by atoms with E-state index in [9.17, 15) is 13.6 Å². The summed E-state index contributed by atoms with van der Waals surface area (Å²) in [5, 5.41) is 14.1. The molecule has 0 saturated carbocycles. The highest BCUT2D eigenvalue weighted by Gasteiger charge is 2.22. The molecule has 0 heterocycles. The van der Waals surface area contributed by atoms with Crippen molar-refractivity contribution in [2.75, 3.05) is 18.5 Å². The Balaban J connectivity index is 2.52. The van der Waals surface area contributed by atoms with Gasteiger partial charge < -0.3 is 15.7 Å². The fourth-order valence-electron chi connectivity index (χ4n) is 2.27. The Labute approximate surface area is 166 Å². The molecule has 2 aromatic carbocycles. The van der Waals surface area contributed by atoms with Gasteiger partial charge in [0.15, 0.2) is 11.6 Å². The van der Waals surface area contributed by atoms with E-state index in [2.05, 4.69) is 49.2 Å². The Bertz CT molecular complexity index is 803. The minimum Gasteiger partial charge on any atom is -0.395 e. The molecule has 4 nitrogen and oxygen atoms in total. The SMILES string of the molecule is CCc1cc(I)ccc1Nc1c(C(=O)NCCO)cc(Br)c(F)c1F. The molecule has 0 spiro atoms. The zero-order chi connectivity index (χ0) is 18.6. The van der Waals surface area contributed by atoms with Gasteiger partial charge in [0.1, 0.15) is 0 Å². The van der Waals surface area contributed by atoms with Crippen LogP contribution in [0.3, 0.4) is 0 Å². The number of rotatable bonds is 6. The first-order valence-electron chi connectivity index (χ1n) is 7.51. The maximum Gasteiger partial charge on any atom is 0.253 e. The molecule has 134 valence electrons. The van der Waals surface area contributed by atoms with Gasteiger partial charge in [0.05, 0.1) is 22.3 Å². The standard InChI is InChI=1S/C17H16BrF2IN2O2/c1-2-9-7-10(21)3-4-13(9)23-16-11(17(25)22-5-6-24)8-12(18)14(19)15(16)20/h3-4,7-8,23-24H,2,5-6H2,1H3,(H,22,25). The fourth-order valence-corrected chi connectivity index (χ4v) is 3.23. The van der Waals surface area contributed by atoms with E-state index in [-0.39, 0.29) is 28.9 Å². The number of amides is 1. The predicted octanol–water partition coefficient (Wildman–Crippen LogP) is 4.36. The largest absolute Gasteiger partial charge is 0.395 e. The molecule has 8 heteroatoms. The van der Waals surface area contributed by atoms with Crippen molar-refractivity contribution < 1.29 is 18.7 Å². The van der Waals surface area contributed by atoms with Gasteiger partial charge >= 0.3 is 0 Å². The van der Waals surface area contributed by atoms with Crippen LogP contribution in [0.15, 0.2) is 28.7 Å². The highest BCUT2D eigenvalue weighted by atomic mass is 127. The zero-order valence-electron chi connectivity index (χ0n) is 13.3.